The summed E-state index contributed by atoms with van der Waals surface area (Å²) in [5.41, 5.74) is 2.19. The van der Waals surface area contributed by atoms with E-state index in [4.69, 9.17) is 0 Å². The molecule has 1 aliphatic heterocycles. The third kappa shape index (κ3) is 2.76. The number of nitrogens with zero attached hydrogens (tertiary/aromatic N) is 2. The second-order valence-electron chi connectivity index (χ2n) is 3.87. The Kier molecular flexibility index (Phi) is 2.97. The van der Waals surface area contributed by atoms with Crippen LogP contribution in [-0.4, -0.2) is 35.4 Å². The van der Waals surface area contributed by atoms with Crippen molar-refractivity contribution in [2.75, 3.05) is 19.6 Å². The highest BCUT2D eigenvalue weighted by atomic mass is 16.2. The van der Waals surface area contributed by atoms with E-state index in [-0.39, 0.29) is 5.91 Å². The maximum atomic E-state index is 11.1. The third-order valence-electron chi connectivity index (χ3n) is 2.50. The second-order valence-corrected chi connectivity index (χ2v) is 3.87. The van der Waals surface area contributed by atoms with Crippen molar-refractivity contribution in [3.63, 3.8) is 0 Å². The van der Waals surface area contributed by atoms with Gasteiger partial charge >= 0.3 is 0 Å². The summed E-state index contributed by atoms with van der Waals surface area (Å²) in [6.07, 6.45) is 1.88. The molecule has 0 atom stereocenters. The van der Waals surface area contributed by atoms with Crippen LogP contribution in [0.2, 0.25) is 0 Å². The molecule has 1 fully saturated rings. The number of amides is 1. The molecule has 1 aromatic rings. The van der Waals surface area contributed by atoms with Crippen molar-refractivity contribution >= 4 is 5.91 Å². The van der Waals surface area contributed by atoms with Crippen LogP contribution >= 0.6 is 0 Å². The summed E-state index contributed by atoms with van der Waals surface area (Å²) in [7, 11) is 0. The number of pyridine rings is 1. The summed E-state index contributed by atoms with van der Waals surface area (Å²) in [5.74, 6) is 0.112. The molecular weight excluding hydrogens is 190 g/mol. The lowest BCUT2D eigenvalue weighted by molar-refractivity contribution is -0.124. The summed E-state index contributed by atoms with van der Waals surface area (Å²) < 4.78 is 0. The summed E-state index contributed by atoms with van der Waals surface area (Å²) >= 11 is 0. The first-order valence-electron chi connectivity index (χ1n) is 5.14. The molecule has 0 radical (unpaired) electrons. The Bertz CT molecular complexity index is 347. The predicted octanol–water partition coefficient (Wildman–Crippen LogP) is 0.322. The lowest BCUT2D eigenvalue weighted by Crippen LogP contribution is -2.47. The molecule has 1 N–H and O–H groups in total. The fourth-order valence-corrected chi connectivity index (χ4v) is 1.68. The average molecular weight is 205 g/mol. The zero-order valence-corrected chi connectivity index (χ0v) is 8.86. The van der Waals surface area contributed by atoms with Gasteiger partial charge in [-0.15, -0.1) is 0 Å². The smallest absolute Gasteiger partial charge is 0.234 e. The molecule has 0 aromatic carbocycles. The molecule has 2 rings (SSSR count). The van der Waals surface area contributed by atoms with E-state index in [1.54, 1.807) is 0 Å². The molecule has 0 unspecified atom stereocenters. The van der Waals surface area contributed by atoms with Gasteiger partial charge in [0.15, 0.2) is 0 Å². The number of aryl methyl sites for hydroxylation is 1. The first-order valence-corrected chi connectivity index (χ1v) is 5.14. The van der Waals surface area contributed by atoms with Crippen LogP contribution in [0.25, 0.3) is 0 Å². The number of piperazine rings is 1. The monoisotopic (exact) mass is 205 g/mol. The fraction of sp³-hybridized carbons (Fsp3) is 0.455. The normalized spacial score (nSPS) is 17.5. The number of aromatic nitrogens is 1. The van der Waals surface area contributed by atoms with Gasteiger partial charge in [0, 0.05) is 31.5 Å². The number of hydrogen-bond donors (Lipinski definition) is 1. The van der Waals surface area contributed by atoms with Gasteiger partial charge in [-0.25, -0.2) is 0 Å². The second kappa shape index (κ2) is 4.40. The van der Waals surface area contributed by atoms with E-state index < -0.39 is 0 Å². The lowest BCUT2D eigenvalue weighted by Gasteiger charge is -2.26. The highest BCUT2D eigenvalue weighted by Crippen LogP contribution is 2.05. The highest BCUT2D eigenvalue weighted by Gasteiger charge is 2.15. The Labute approximate surface area is 89.3 Å². The van der Waals surface area contributed by atoms with Crippen LogP contribution < -0.4 is 5.32 Å². The maximum absolute atomic E-state index is 11.1. The van der Waals surface area contributed by atoms with Crippen molar-refractivity contribution in [2.24, 2.45) is 0 Å². The van der Waals surface area contributed by atoms with Crippen LogP contribution in [0, 0.1) is 6.92 Å². The minimum Gasteiger partial charge on any atom is -0.354 e. The van der Waals surface area contributed by atoms with E-state index in [0.717, 1.165) is 30.9 Å². The summed E-state index contributed by atoms with van der Waals surface area (Å²) in [5, 5.41) is 2.81. The van der Waals surface area contributed by atoms with E-state index in [0.29, 0.717) is 6.54 Å². The van der Waals surface area contributed by atoms with Crippen molar-refractivity contribution in [3.8, 4) is 0 Å². The summed E-state index contributed by atoms with van der Waals surface area (Å²) in [4.78, 5) is 17.5. The van der Waals surface area contributed by atoms with E-state index in [9.17, 15) is 4.79 Å². The van der Waals surface area contributed by atoms with Gasteiger partial charge in [-0.1, -0.05) is 6.07 Å². The molecule has 1 amide bonds. The number of nitrogens with one attached hydrogen (secondary N) is 1. The minimum absolute atomic E-state index is 0.112. The molecule has 2 heterocycles. The molecule has 0 saturated carbocycles. The highest BCUT2D eigenvalue weighted by molar-refractivity contribution is 5.78. The van der Waals surface area contributed by atoms with E-state index in [1.807, 2.05) is 19.2 Å². The fourth-order valence-electron chi connectivity index (χ4n) is 1.68. The van der Waals surface area contributed by atoms with Crippen LogP contribution in [0.5, 0.6) is 0 Å². The van der Waals surface area contributed by atoms with Crippen molar-refractivity contribution < 1.29 is 4.79 Å². The van der Waals surface area contributed by atoms with E-state index in [2.05, 4.69) is 21.3 Å². The minimum atomic E-state index is 0.112. The van der Waals surface area contributed by atoms with Crippen LogP contribution in [0.3, 0.4) is 0 Å². The maximum Gasteiger partial charge on any atom is 0.234 e. The molecule has 4 heteroatoms. The number of hydrogen-bond acceptors (Lipinski definition) is 3. The van der Waals surface area contributed by atoms with Gasteiger partial charge in [-0.3, -0.25) is 14.7 Å². The van der Waals surface area contributed by atoms with Crippen LogP contribution in [0.4, 0.5) is 0 Å². The summed E-state index contributed by atoms with van der Waals surface area (Å²) in [6, 6.07) is 4.06. The van der Waals surface area contributed by atoms with Gasteiger partial charge in [-0.2, -0.15) is 0 Å². The van der Waals surface area contributed by atoms with Crippen molar-refractivity contribution in [1.29, 1.82) is 0 Å². The number of carbonyl (C=O) groups excluding carboxylic acids is 1. The zero-order chi connectivity index (χ0) is 10.7. The third-order valence-corrected chi connectivity index (χ3v) is 2.50. The van der Waals surface area contributed by atoms with Crippen LogP contribution in [-0.2, 0) is 11.3 Å². The zero-order valence-electron chi connectivity index (χ0n) is 8.86. The van der Waals surface area contributed by atoms with Crippen molar-refractivity contribution in [2.45, 2.75) is 13.5 Å². The molecule has 0 bridgehead atoms. The predicted molar refractivity (Wildman–Crippen MR) is 57.3 cm³/mol. The molecule has 80 valence electrons. The topological polar surface area (TPSA) is 45.2 Å². The Morgan fingerprint density at radius 3 is 3.07 bits per heavy atom. The Morgan fingerprint density at radius 1 is 1.53 bits per heavy atom. The molecule has 1 aliphatic rings. The summed E-state index contributed by atoms with van der Waals surface area (Å²) in [6.45, 7) is 4.93. The van der Waals surface area contributed by atoms with Crippen LogP contribution in [0.15, 0.2) is 18.3 Å². The van der Waals surface area contributed by atoms with Crippen LogP contribution in [0.1, 0.15) is 11.3 Å². The van der Waals surface area contributed by atoms with Gasteiger partial charge in [0.25, 0.3) is 0 Å². The molecule has 15 heavy (non-hydrogen) atoms. The molecular formula is C11H15N3O. The molecule has 1 saturated heterocycles. The standard InChI is InChI=1S/C11H15N3O/c1-9-2-3-10(6-13-9)7-14-5-4-12-11(15)8-14/h2-3,6H,4-5,7-8H2,1H3,(H,12,15). The Morgan fingerprint density at radius 2 is 2.40 bits per heavy atom. The van der Waals surface area contributed by atoms with Crippen molar-refractivity contribution in [3.05, 3.63) is 29.6 Å². The number of rotatable bonds is 2. The first-order chi connectivity index (χ1) is 7.24. The quantitative estimate of drug-likeness (QED) is 0.756. The molecule has 4 nitrogen and oxygen atoms in total. The number of carbonyl (C=O) groups is 1. The SMILES string of the molecule is Cc1ccc(CN2CCNC(=O)C2)cn1. The average Bonchev–Trinajstić information content (AvgIpc) is 2.22. The lowest BCUT2D eigenvalue weighted by atomic mass is 10.2. The molecule has 1 aromatic heterocycles. The Balaban J connectivity index is 1.96. The van der Waals surface area contributed by atoms with Gasteiger partial charge in [0.2, 0.25) is 5.91 Å². The molecule has 0 spiro atoms. The van der Waals surface area contributed by atoms with E-state index in [1.165, 1.54) is 0 Å². The van der Waals surface area contributed by atoms with Crippen molar-refractivity contribution in [1.82, 2.24) is 15.2 Å². The largest absolute Gasteiger partial charge is 0.354 e. The first kappa shape index (κ1) is 10.1. The van der Waals surface area contributed by atoms with Gasteiger partial charge < -0.3 is 5.32 Å². The van der Waals surface area contributed by atoms with E-state index >= 15 is 0 Å². The van der Waals surface area contributed by atoms with Gasteiger partial charge in [0.05, 0.1) is 6.54 Å². The van der Waals surface area contributed by atoms with Gasteiger partial charge in [-0.05, 0) is 18.6 Å². The Hall–Kier alpha value is -1.42. The molecule has 0 aliphatic carbocycles. The van der Waals surface area contributed by atoms with Gasteiger partial charge in [0.1, 0.15) is 0 Å².